The summed E-state index contributed by atoms with van der Waals surface area (Å²) >= 11 is 0. The number of hydrogen-bond acceptors (Lipinski definition) is 3. The van der Waals surface area contributed by atoms with Gasteiger partial charge in [0.1, 0.15) is 0 Å². The summed E-state index contributed by atoms with van der Waals surface area (Å²) in [6, 6.07) is 1.08. The predicted molar refractivity (Wildman–Crippen MR) is 96.3 cm³/mol. The molecule has 2 unspecified atom stereocenters. The number of hydrogen-bond donors (Lipinski definition) is 2. The Morgan fingerprint density at radius 2 is 2.00 bits per heavy atom. The van der Waals surface area contributed by atoms with E-state index in [1.54, 1.807) is 0 Å². The Morgan fingerprint density at radius 1 is 1.32 bits per heavy atom. The lowest BCUT2D eigenvalue weighted by Crippen LogP contribution is -2.44. The Morgan fingerprint density at radius 3 is 2.55 bits per heavy atom. The molecule has 5 heteroatoms. The van der Waals surface area contributed by atoms with Crippen molar-refractivity contribution in [1.82, 2.24) is 15.1 Å². The van der Waals surface area contributed by atoms with Gasteiger partial charge in [-0.1, -0.05) is 33.6 Å². The first-order valence-electron chi connectivity index (χ1n) is 8.97. The maximum Gasteiger partial charge on any atom is 0.188 e. The highest BCUT2D eigenvalue weighted by Gasteiger charge is 2.23. The molecule has 3 N–H and O–H groups in total. The van der Waals surface area contributed by atoms with E-state index in [1.165, 1.54) is 32.2 Å². The van der Waals surface area contributed by atoms with Gasteiger partial charge in [0.15, 0.2) is 5.96 Å². The van der Waals surface area contributed by atoms with Gasteiger partial charge in [-0.25, -0.2) is 0 Å². The van der Waals surface area contributed by atoms with E-state index in [1.807, 2.05) is 0 Å². The zero-order valence-corrected chi connectivity index (χ0v) is 15.3. The van der Waals surface area contributed by atoms with Gasteiger partial charge in [0, 0.05) is 18.6 Å². The van der Waals surface area contributed by atoms with Crippen LogP contribution >= 0.6 is 0 Å². The molecule has 0 saturated carbocycles. The van der Waals surface area contributed by atoms with Crippen molar-refractivity contribution in [1.29, 1.82) is 0 Å². The molecule has 1 rings (SSSR count). The molecular weight excluding hydrogens is 274 g/mol. The maximum atomic E-state index is 6.07. The summed E-state index contributed by atoms with van der Waals surface area (Å²) < 4.78 is 0. The van der Waals surface area contributed by atoms with E-state index >= 15 is 0 Å². The molecule has 2 atom stereocenters. The van der Waals surface area contributed by atoms with Gasteiger partial charge < -0.3 is 16.0 Å². The van der Waals surface area contributed by atoms with Crippen LogP contribution in [-0.2, 0) is 0 Å². The fraction of sp³-hybridized carbons (Fsp3) is 0.941. The molecule has 0 aromatic carbocycles. The van der Waals surface area contributed by atoms with Crippen molar-refractivity contribution < 1.29 is 0 Å². The Balaban J connectivity index is 2.46. The largest absolute Gasteiger partial charge is 0.370 e. The smallest absolute Gasteiger partial charge is 0.188 e. The third-order valence-corrected chi connectivity index (χ3v) is 5.13. The second-order valence-electron chi connectivity index (χ2n) is 6.64. The van der Waals surface area contributed by atoms with E-state index < -0.39 is 0 Å². The molecule has 130 valence electrons. The van der Waals surface area contributed by atoms with Gasteiger partial charge in [-0.05, 0) is 45.9 Å². The molecule has 0 bridgehead atoms. The van der Waals surface area contributed by atoms with Gasteiger partial charge in [-0.15, -0.1) is 0 Å². The Labute approximate surface area is 137 Å². The number of guanidine groups is 1. The number of likely N-dealkylation sites (N-methyl/N-ethyl adjacent to an activating group) is 2. The van der Waals surface area contributed by atoms with Crippen molar-refractivity contribution in [3.8, 4) is 0 Å². The Hall–Kier alpha value is -0.810. The lowest BCUT2D eigenvalue weighted by atomic mass is 9.93. The van der Waals surface area contributed by atoms with Crippen molar-refractivity contribution in [2.75, 3.05) is 40.3 Å². The highest BCUT2D eigenvalue weighted by Crippen LogP contribution is 2.17. The van der Waals surface area contributed by atoms with Gasteiger partial charge in [-0.3, -0.25) is 9.89 Å². The summed E-state index contributed by atoms with van der Waals surface area (Å²) in [5.74, 6) is 1.28. The minimum Gasteiger partial charge on any atom is -0.370 e. The van der Waals surface area contributed by atoms with Crippen LogP contribution in [0.5, 0.6) is 0 Å². The van der Waals surface area contributed by atoms with E-state index in [2.05, 4.69) is 55.0 Å². The normalized spacial score (nSPS) is 21.8. The summed E-state index contributed by atoms with van der Waals surface area (Å²) in [6.45, 7) is 10.8. The first kappa shape index (κ1) is 19.2. The van der Waals surface area contributed by atoms with Gasteiger partial charge in [-0.2, -0.15) is 0 Å². The summed E-state index contributed by atoms with van der Waals surface area (Å²) in [6.07, 6.45) is 4.95. The van der Waals surface area contributed by atoms with Crippen molar-refractivity contribution >= 4 is 5.96 Å². The SMILES string of the molecule is CCC(CC)C(CN=C(N)NCC1CCCN1CC)N(C)C. The predicted octanol–water partition coefficient (Wildman–Crippen LogP) is 1.74. The zero-order chi connectivity index (χ0) is 16.5. The van der Waals surface area contributed by atoms with Crippen molar-refractivity contribution in [3.05, 3.63) is 0 Å². The summed E-state index contributed by atoms with van der Waals surface area (Å²) in [5.41, 5.74) is 6.07. The fourth-order valence-corrected chi connectivity index (χ4v) is 3.58. The zero-order valence-electron chi connectivity index (χ0n) is 15.3. The molecule has 1 fully saturated rings. The van der Waals surface area contributed by atoms with Gasteiger partial charge in [0.25, 0.3) is 0 Å². The molecule has 5 nitrogen and oxygen atoms in total. The number of nitrogens with zero attached hydrogens (tertiary/aromatic N) is 3. The summed E-state index contributed by atoms with van der Waals surface area (Å²) in [7, 11) is 4.28. The van der Waals surface area contributed by atoms with Gasteiger partial charge in [0.2, 0.25) is 0 Å². The van der Waals surface area contributed by atoms with E-state index in [0.717, 1.165) is 19.6 Å². The van der Waals surface area contributed by atoms with Crippen molar-refractivity contribution in [2.24, 2.45) is 16.6 Å². The summed E-state index contributed by atoms with van der Waals surface area (Å²) in [5, 5.41) is 3.33. The molecule has 0 aromatic heterocycles. The highest BCUT2D eigenvalue weighted by molar-refractivity contribution is 5.77. The van der Waals surface area contributed by atoms with E-state index in [-0.39, 0.29) is 0 Å². The third-order valence-electron chi connectivity index (χ3n) is 5.13. The molecule has 1 saturated heterocycles. The van der Waals surface area contributed by atoms with Gasteiger partial charge >= 0.3 is 0 Å². The Bertz CT molecular complexity index is 325. The number of nitrogens with two attached hydrogens (primary N) is 1. The average molecular weight is 312 g/mol. The minimum atomic E-state index is 0.467. The topological polar surface area (TPSA) is 56.9 Å². The molecule has 0 radical (unpaired) electrons. The molecule has 1 aliphatic heterocycles. The average Bonchev–Trinajstić information content (AvgIpc) is 2.96. The quantitative estimate of drug-likeness (QED) is 0.503. The van der Waals surface area contributed by atoms with E-state index in [4.69, 9.17) is 5.73 Å². The lowest BCUT2D eigenvalue weighted by molar-refractivity contribution is 0.206. The van der Waals surface area contributed by atoms with Crippen molar-refractivity contribution in [2.45, 2.75) is 58.5 Å². The monoisotopic (exact) mass is 311 g/mol. The van der Waals surface area contributed by atoms with Crippen LogP contribution in [-0.4, -0.2) is 68.1 Å². The standard InChI is InChI=1S/C17H37N5/c1-6-14(7-2)16(21(4)5)13-20-17(18)19-12-15-10-9-11-22(15)8-3/h14-16H,6-13H2,1-5H3,(H3,18,19,20). The van der Waals surface area contributed by atoms with Crippen LogP contribution in [0.15, 0.2) is 4.99 Å². The molecule has 0 aliphatic carbocycles. The van der Waals surface area contributed by atoms with Crippen LogP contribution in [0.2, 0.25) is 0 Å². The second kappa shape index (κ2) is 10.1. The molecule has 0 amide bonds. The Kier molecular flexibility index (Phi) is 8.79. The number of rotatable bonds is 9. The third kappa shape index (κ3) is 5.76. The maximum absolute atomic E-state index is 6.07. The van der Waals surface area contributed by atoms with Crippen LogP contribution < -0.4 is 11.1 Å². The van der Waals surface area contributed by atoms with Crippen LogP contribution in [0.3, 0.4) is 0 Å². The van der Waals surface area contributed by atoms with Crippen LogP contribution in [0.1, 0.15) is 46.5 Å². The minimum absolute atomic E-state index is 0.467. The first-order chi connectivity index (χ1) is 10.5. The number of nitrogens with one attached hydrogen (secondary N) is 1. The molecule has 1 aliphatic rings. The molecular formula is C17H37N5. The first-order valence-corrected chi connectivity index (χ1v) is 8.97. The van der Waals surface area contributed by atoms with Crippen LogP contribution in [0.4, 0.5) is 0 Å². The van der Waals surface area contributed by atoms with Crippen LogP contribution in [0.25, 0.3) is 0 Å². The molecule has 0 spiro atoms. The highest BCUT2D eigenvalue weighted by atomic mass is 15.2. The molecule has 1 heterocycles. The number of likely N-dealkylation sites (tertiary alicyclic amines) is 1. The van der Waals surface area contributed by atoms with E-state index in [0.29, 0.717) is 24.0 Å². The fourth-order valence-electron chi connectivity index (χ4n) is 3.58. The number of aliphatic imine (C=N–C) groups is 1. The van der Waals surface area contributed by atoms with E-state index in [9.17, 15) is 0 Å². The van der Waals surface area contributed by atoms with Gasteiger partial charge in [0.05, 0.1) is 6.54 Å². The molecule has 0 aromatic rings. The molecule has 22 heavy (non-hydrogen) atoms. The second-order valence-corrected chi connectivity index (χ2v) is 6.64. The van der Waals surface area contributed by atoms with Crippen LogP contribution in [0, 0.1) is 5.92 Å². The lowest BCUT2D eigenvalue weighted by Gasteiger charge is -2.30. The van der Waals surface area contributed by atoms with Crippen molar-refractivity contribution in [3.63, 3.8) is 0 Å². The summed E-state index contributed by atoms with van der Waals surface area (Å²) in [4.78, 5) is 9.40.